The second-order valence-corrected chi connectivity index (χ2v) is 4.50. The molecule has 1 aliphatic heterocycles. The minimum Gasteiger partial charge on any atom is -0.385 e. The Kier molecular flexibility index (Phi) is 4.02. The molecule has 3 nitrogen and oxygen atoms in total. The van der Waals surface area contributed by atoms with Gasteiger partial charge in [-0.15, -0.1) is 0 Å². The minimum atomic E-state index is 0.0179. The Bertz CT molecular complexity index is 390. The summed E-state index contributed by atoms with van der Waals surface area (Å²) in [5.74, 6) is 0.191. The maximum Gasteiger partial charge on any atom is 0.227 e. The van der Waals surface area contributed by atoms with Gasteiger partial charge in [0.05, 0.1) is 5.92 Å². The second-order valence-electron chi connectivity index (χ2n) is 4.50. The number of carbonyl (C=O) groups is 1. The molecule has 0 aromatic heterocycles. The Morgan fingerprint density at radius 1 is 1.47 bits per heavy atom. The lowest BCUT2D eigenvalue weighted by Gasteiger charge is -2.25. The van der Waals surface area contributed by atoms with Crippen molar-refractivity contribution in [2.24, 2.45) is 0 Å². The lowest BCUT2D eigenvalue weighted by Crippen LogP contribution is -2.33. The number of amides is 1. The highest BCUT2D eigenvalue weighted by molar-refractivity contribution is 5.86. The van der Waals surface area contributed by atoms with Crippen LogP contribution < -0.4 is 10.6 Å². The fourth-order valence-corrected chi connectivity index (χ4v) is 2.25. The van der Waals surface area contributed by atoms with Crippen molar-refractivity contribution in [3.05, 3.63) is 29.8 Å². The monoisotopic (exact) mass is 232 g/mol. The molecule has 3 heteroatoms. The Morgan fingerprint density at radius 3 is 3.12 bits per heavy atom. The Balaban J connectivity index is 2.05. The predicted molar refractivity (Wildman–Crippen MR) is 70.2 cm³/mol. The van der Waals surface area contributed by atoms with Gasteiger partial charge < -0.3 is 10.6 Å². The van der Waals surface area contributed by atoms with Crippen LogP contribution in [0.1, 0.15) is 37.7 Å². The number of nitrogens with one attached hydrogen (secondary N) is 2. The number of hydrogen-bond donors (Lipinski definition) is 2. The fraction of sp³-hybridized carbons (Fsp3) is 0.500. The lowest BCUT2D eigenvalue weighted by molar-refractivity contribution is -0.122. The normalized spacial score (nSPS) is 18.1. The van der Waals surface area contributed by atoms with Crippen molar-refractivity contribution in [1.82, 2.24) is 5.32 Å². The molecule has 92 valence electrons. The van der Waals surface area contributed by atoms with Crippen molar-refractivity contribution in [2.75, 3.05) is 18.4 Å². The number of unbranched alkanes of at least 4 members (excludes halogenated alkanes) is 1. The van der Waals surface area contributed by atoms with Crippen molar-refractivity contribution in [1.29, 1.82) is 0 Å². The van der Waals surface area contributed by atoms with E-state index in [1.165, 1.54) is 0 Å². The lowest BCUT2D eigenvalue weighted by atomic mass is 9.90. The molecule has 1 aromatic rings. The van der Waals surface area contributed by atoms with Crippen molar-refractivity contribution < 1.29 is 4.79 Å². The zero-order chi connectivity index (χ0) is 12.1. The molecule has 0 saturated heterocycles. The van der Waals surface area contributed by atoms with E-state index in [9.17, 15) is 4.79 Å². The number of rotatable bonds is 4. The first-order valence-corrected chi connectivity index (χ1v) is 6.43. The van der Waals surface area contributed by atoms with Gasteiger partial charge in [0, 0.05) is 18.8 Å². The summed E-state index contributed by atoms with van der Waals surface area (Å²) in [6, 6.07) is 8.09. The molecule has 2 N–H and O–H groups in total. The predicted octanol–water partition coefficient (Wildman–Crippen LogP) is 2.50. The zero-order valence-corrected chi connectivity index (χ0v) is 10.3. The van der Waals surface area contributed by atoms with Gasteiger partial charge in [0.15, 0.2) is 0 Å². The molecule has 1 heterocycles. The Labute approximate surface area is 103 Å². The largest absolute Gasteiger partial charge is 0.385 e. The van der Waals surface area contributed by atoms with Gasteiger partial charge in [-0.05, 0) is 24.5 Å². The van der Waals surface area contributed by atoms with E-state index in [2.05, 4.69) is 17.6 Å². The van der Waals surface area contributed by atoms with Crippen LogP contribution in [0.25, 0.3) is 0 Å². The first-order valence-electron chi connectivity index (χ1n) is 6.43. The minimum absolute atomic E-state index is 0.0179. The van der Waals surface area contributed by atoms with E-state index in [1.807, 2.05) is 24.3 Å². The van der Waals surface area contributed by atoms with E-state index in [0.717, 1.165) is 43.6 Å². The van der Waals surface area contributed by atoms with Crippen molar-refractivity contribution in [2.45, 2.75) is 32.1 Å². The van der Waals surface area contributed by atoms with E-state index in [4.69, 9.17) is 0 Å². The average molecular weight is 232 g/mol. The van der Waals surface area contributed by atoms with Crippen LogP contribution in [0.15, 0.2) is 24.3 Å². The Hall–Kier alpha value is -1.51. The third-order valence-electron chi connectivity index (χ3n) is 3.23. The third-order valence-corrected chi connectivity index (χ3v) is 3.23. The van der Waals surface area contributed by atoms with Crippen LogP contribution in [0.5, 0.6) is 0 Å². The molecule has 0 spiro atoms. The number of benzene rings is 1. The Morgan fingerprint density at radius 2 is 2.29 bits per heavy atom. The van der Waals surface area contributed by atoms with Gasteiger partial charge in [0.1, 0.15) is 0 Å². The number of fused-ring (bicyclic) bond motifs is 1. The molecule has 1 aliphatic rings. The van der Waals surface area contributed by atoms with E-state index < -0.39 is 0 Å². The smallest absolute Gasteiger partial charge is 0.227 e. The molecule has 0 fully saturated rings. The van der Waals surface area contributed by atoms with Crippen LogP contribution in [0.3, 0.4) is 0 Å². The molecule has 2 rings (SSSR count). The molecule has 0 saturated carbocycles. The number of hydrogen-bond acceptors (Lipinski definition) is 2. The molecule has 0 bridgehead atoms. The highest BCUT2D eigenvalue weighted by Crippen LogP contribution is 2.31. The quantitative estimate of drug-likeness (QED) is 0.783. The summed E-state index contributed by atoms with van der Waals surface area (Å²) in [5.41, 5.74) is 2.24. The van der Waals surface area contributed by atoms with Crippen LogP contribution >= 0.6 is 0 Å². The fourth-order valence-electron chi connectivity index (χ4n) is 2.25. The average Bonchev–Trinajstić information content (AvgIpc) is 2.38. The molecule has 0 radical (unpaired) electrons. The topological polar surface area (TPSA) is 41.1 Å². The summed E-state index contributed by atoms with van der Waals surface area (Å²) in [6.45, 7) is 3.80. The summed E-state index contributed by atoms with van der Waals surface area (Å²) < 4.78 is 0. The number of anilines is 1. The standard InChI is InChI=1S/C14H20N2O/c1-2-3-9-16-14(17)12-8-10-15-13-7-5-4-6-11(12)13/h4-7,12,15H,2-3,8-10H2,1H3,(H,16,17). The van der Waals surface area contributed by atoms with Crippen LogP contribution in [0.4, 0.5) is 5.69 Å². The van der Waals surface area contributed by atoms with Crippen molar-refractivity contribution >= 4 is 11.6 Å². The van der Waals surface area contributed by atoms with Crippen LogP contribution in [0.2, 0.25) is 0 Å². The van der Waals surface area contributed by atoms with E-state index >= 15 is 0 Å². The summed E-state index contributed by atoms with van der Waals surface area (Å²) >= 11 is 0. The van der Waals surface area contributed by atoms with Crippen LogP contribution in [-0.2, 0) is 4.79 Å². The van der Waals surface area contributed by atoms with Crippen LogP contribution in [0, 0.1) is 0 Å². The van der Waals surface area contributed by atoms with Crippen molar-refractivity contribution in [3.63, 3.8) is 0 Å². The first-order chi connectivity index (χ1) is 8.33. The zero-order valence-electron chi connectivity index (χ0n) is 10.3. The summed E-state index contributed by atoms with van der Waals surface area (Å²) in [7, 11) is 0. The summed E-state index contributed by atoms with van der Waals surface area (Å²) in [6.07, 6.45) is 3.05. The molecule has 1 atom stereocenters. The molecular weight excluding hydrogens is 212 g/mol. The van der Waals surface area contributed by atoms with Gasteiger partial charge in [0.2, 0.25) is 5.91 Å². The van der Waals surface area contributed by atoms with Gasteiger partial charge >= 0.3 is 0 Å². The second kappa shape index (κ2) is 5.71. The van der Waals surface area contributed by atoms with E-state index in [-0.39, 0.29) is 11.8 Å². The maximum atomic E-state index is 12.1. The molecule has 1 unspecified atom stereocenters. The number of carbonyl (C=O) groups excluding carboxylic acids is 1. The molecule has 1 amide bonds. The summed E-state index contributed by atoms with van der Waals surface area (Å²) in [5, 5.41) is 6.36. The number of para-hydroxylation sites is 1. The third kappa shape index (κ3) is 2.78. The molecule has 17 heavy (non-hydrogen) atoms. The van der Waals surface area contributed by atoms with Gasteiger partial charge in [-0.3, -0.25) is 4.79 Å². The van der Waals surface area contributed by atoms with Gasteiger partial charge in [-0.1, -0.05) is 31.5 Å². The highest BCUT2D eigenvalue weighted by Gasteiger charge is 2.25. The van der Waals surface area contributed by atoms with Gasteiger partial charge in [0.25, 0.3) is 0 Å². The van der Waals surface area contributed by atoms with E-state index in [1.54, 1.807) is 0 Å². The molecule has 0 aliphatic carbocycles. The van der Waals surface area contributed by atoms with Gasteiger partial charge in [-0.2, -0.15) is 0 Å². The van der Waals surface area contributed by atoms with Gasteiger partial charge in [-0.25, -0.2) is 0 Å². The van der Waals surface area contributed by atoms with E-state index in [0.29, 0.717) is 0 Å². The highest BCUT2D eigenvalue weighted by atomic mass is 16.1. The van der Waals surface area contributed by atoms with Crippen molar-refractivity contribution in [3.8, 4) is 0 Å². The summed E-state index contributed by atoms with van der Waals surface area (Å²) in [4.78, 5) is 12.1. The molecule has 1 aromatic carbocycles. The molecular formula is C14H20N2O. The SMILES string of the molecule is CCCCNC(=O)C1CCNc2ccccc21. The maximum absolute atomic E-state index is 12.1. The van der Waals surface area contributed by atoms with Crippen LogP contribution in [-0.4, -0.2) is 19.0 Å². The first kappa shape index (κ1) is 12.0.